The van der Waals surface area contributed by atoms with Gasteiger partial charge in [0.2, 0.25) is 5.89 Å². The molecule has 0 bridgehead atoms. The quantitative estimate of drug-likeness (QED) is 0.178. The minimum absolute atomic E-state index is 0.0549. The fourth-order valence-electron chi connectivity index (χ4n) is 8.64. The number of hydrogen-bond donors (Lipinski definition) is 0. The van der Waals surface area contributed by atoms with E-state index in [2.05, 4.69) is 158 Å². The largest absolute Gasteiger partial charge is 0.435 e. The van der Waals surface area contributed by atoms with E-state index in [1.54, 1.807) is 0 Å². The predicted molar refractivity (Wildman–Crippen MR) is 228 cm³/mol. The molecule has 0 saturated carbocycles. The summed E-state index contributed by atoms with van der Waals surface area (Å²) in [6, 6.07) is 61.3. The number of thiophene rings is 1. The first-order valence-corrected chi connectivity index (χ1v) is 19.3. The maximum absolute atomic E-state index is 6.52. The normalized spacial score (nSPS) is 13.1. The van der Waals surface area contributed by atoms with Crippen LogP contribution in [0.3, 0.4) is 0 Å². The summed E-state index contributed by atoms with van der Waals surface area (Å²) < 4.78 is 9.13. The monoisotopic (exact) mass is 710 g/mol. The minimum atomic E-state index is -0.0549. The Kier molecular flexibility index (Phi) is 6.77. The second-order valence-electron chi connectivity index (χ2n) is 14.8. The fourth-order valence-corrected chi connectivity index (χ4v) is 9.72. The number of rotatable bonds is 5. The Balaban J connectivity index is 1.07. The van der Waals surface area contributed by atoms with Gasteiger partial charge in [-0.1, -0.05) is 117 Å². The summed E-state index contributed by atoms with van der Waals surface area (Å²) >= 11 is 1.85. The molecule has 3 nitrogen and oxygen atoms in total. The summed E-state index contributed by atoms with van der Waals surface area (Å²) in [4.78, 5) is 7.29. The lowest BCUT2D eigenvalue weighted by molar-refractivity contribution is 0.623. The lowest BCUT2D eigenvalue weighted by Crippen LogP contribution is -2.15. The molecule has 0 N–H and O–H groups in total. The molecule has 11 rings (SSSR count). The van der Waals surface area contributed by atoms with Crippen molar-refractivity contribution in [2.24, 2.45) is 0 Å². The van der Waals surface area contributed by atoms with Crippen molar-refractivity contribution in [2.45, 2.75) is 19.3 Å². The van der Waals surface area contributed by atoms with E-state index in [1.807, 2.05) is 41.7 Å². The van der Waals surface area contributed by atoms with E-state index >= 15 is 0 Å². The van der Waals surface area contributed by atoms with Crippen molar-refractivity contribution in [2.75, 3.05) is 4.90 Å². The van der Waals surface area contributed by atoms with E-state index in [4.69, 9.17) is 9.40 Å². The Bertz CT molecular complexity index is 3080. The fraction of sp³-hybridized carbons (Fsp3) is 0.0600. The number of aromatic nitrogens is 1. The van der Waals surface area contributed by atoms with Gasteiger partial charge in [0.1, 0.15) is 5.52 Å². The number of nitrogens with zero attached hydrogens (tertiary/aromatic N) is 2. The highest BCUT2D eigenvalue weighted by Gasteiger charge is 2.35. The van der Waals surface area contributed by atoms with Crippen LogP contribution in [0.15, 0.2) is 174 Å². The molecule has 0 unspecified atom stereocenters. The lowest BCUT2D eigenvalue weighted by Gasteiger charge is -2.27. The standard InChI is InChI=1S/C50H34N2OS/c1-50(2)42-17-8-6-14-38(42)40-29-35(24-26-43(40)50)52(36-25-28-46-41(30-36)39-15-7-9-18-45(39)54-46)34-22-19-31(20-23-34)37-16-10-13-32-21-27-44-48(47(32)37)53-49(51-44)33-11-4-3-5-12-33/h3-30H,1-2H3. The molecule has 2 aromatic heterocycles. The van der Waals surface area contributed by atoms with Crippen LogP contribution in [0.1, 0.15) is 25.0 Å². The first-order valence-electron chi connectivity index (χ1n) is 18.5. The van der Waals surface area contributed by atoms with Crippen LogP contribution in [0.25, 0.3) is 75.8 Å². The minimum Gasteiger partial charge on any atom is -0.435 e. The van der Waals surface area contributed by atoms with E-state index in [1.165, 1.54) is 42.4 Å². The molecule has 0 atom stereocenters. The molecule has 0 radical (unpaired) electrons. The van der Waals surface area contributed by atoms with Gasteiger partial charge in [0, 0.05) is 53.6 Å². The smallest absolute Gasteiger partial charge is 0.227 e. The van der Waals surface area contributed by atoms with Crippen LogP contribution in [0.4, 0.5) is 17.1 Å². The Morgan fingerprint density at radius 3 is 2.11 bits per heavy atom. The summed E-state index contributed by atoms with van der Waals surface area (Å²) in [6.45, 7) is 4.68. The molecule has 4 heteroatoms. The molecule has 0 saturated heterocycles. The maximum Gasteiger partial charge on any atom is 0.227 e. The third-order valence-electron chi connectivity index (χ3n) is 11.3. The van der Waals surface area contributed by atoms with E-state index in [0.29, 0.717) is 5.89 Å². The maximum atomic E-state index is 6.52. The van der Waals surface area contributed by atoms with E-state index < -0.39 is 0 Å². The number of anilines is 3. The molecule has 2 heterocycles. The average molecular weight is 711 g/mol. The first-order chi connectivity index (χ1) is 26.5. The van der Waals surface area contributed by atoms with Crippen LogP contribution in [-0.4, -0.2) is 4.98 Å². The van der Waals surface area contributed by atoms with E-state index in [-0.39, 0.29) is 5.41 Å². The number of benzene rings is 8. The van der Waals surface area contributed by atoms with Gasteiger partial charge in [-0.05, 0) is 105 Å². The molecule has 8 aromatic carbocycles. The van der Waals surface area contributed by atoms with Gasteiger partial charge in [0.15, 0.2) is 5.58 Å². The van der Waals surface area contributed by atoms with Crippen LogP contribution in [0.5, 0.6) is 0 Å². The number of fused-ring (bicyclic) bond motifs is 9. The lowest BCUT2D eigenvalue weighted by atomic mass is 9.82. The zero-order chi connectivity index (χ0) is 36.0. The molecule has 1 aliphatic rings. The summed E-state index contributed by atoms with van der Waals surface area (Å²) in [5, 5.41) is 4.77. The summed E-state index contributed by atoms with van der Waals surface area (Å²) in [7, 11) is 0. The zero-order valence-electron chi connectivity index (χ0n) is 29.9. The van der Waals surface area contributed by atoms with Crippen LogP contribution in [-0.2, 0) is 5.41 Å². The number of hydrogen-bond acceptors (Lipinski definition) is 4. The van der Waals surface area contributed by atoms with Gasteiger partial charge in [-0.2, -0.15) is 0 Å². The van der Waals surface area contributed by atoms with Crippen molar-refractivity contribution in [3.63, 3.8) is 0 Å². The van der Waals surface area contributed by atoms with Crippen molar-refractivity contribution < 1.29 is 4.42 Å². The van der Waals surface area contributed by atoms with E-state index in [9.17, 15) is 0 Å². The van der Waals surface area contributed by atoms with E-state index in [0.717, 1.165) is 55.6 Å². The van der Waals surface area contributed by atoms with Gasteiger partial charge in [-0.3, -0.25) is 0 Å². The molecule has 0 aliphatic heterocycles. The Morgan fingerprint density at radius 2 is 1.22 bits per heavy atom. The second kappa shape index (κ2) is 11.8. The molecular weight excluding hydrogens is 677 g/mol. The predicted octanol–water partition coefficient (Wildman–Crippen LogP) is 14.5. The third-order valence-corrected chi connectivity index (χ3v) is 12.5. The zero-order valence-corrected chi connectivity index (χ0v) is 30.7. The molecular formula is C50H34N2OS. The van der Waals surface area contributed by atoms with Crippen molar-refractivity contribution in [1.82, 2.24) is 4.98 Å². The molecule has 0 fully saturated rings. The van der Waals surface area contributed by atoms with Gasteiger partial charge < -0.3 is 9.32 Å². The first kappa shape index (κ1) is 31.1. The van der Waals surface area contributed by atoms with Crippen molar-refractivity contribution in [3.05, 3.63) is 181 Å². The van der Waals surface area contributed by atoms with Crippen molar-refractivity contribution in [3.8, 4) is 33.7 Å². The molecule has 0 amide bonds. The second-order valence-corrected chi connectivity index (χ2v) is 15.8. The Hall–Kier alpha value is -6.49. The molecule has 0 spiro atoms. The number of oxazole rings is 1. The Morgan fingerprint density at radius 1 is 0.519 bits per heavy atom. The highest BCUT2D eigenvalue weighted by molar-refractivity contribution is 7.25. The van der Waals surface area contributed by atoms with Crippen LogP contribution in [0.2, 0.25) is 0 Å². The van der Waals surface area contributed by atoms with Crippen LogP contribution < -0.4 is 4.90 Å². The SMILES string of the molecule is CC1(C)c2ccccc2-c2cc(N(c3ccc(-c4cccc5ccc6nc(-c7ccccc7)oc6c45)cc3)c3ccc4sc5ccccc5c4c3)ccc21. The molecule has 256 valence electrons. The van der Waals surface area contributed by atoms with Crippen LogP contribution in [0, 0.1) is 0 Å². The van der Waals surface area contributed by atoms with Gasteiger partial charge in [0.05, 0.1) is 0 Å². The Labute approximate surface area is 317 Å². The molecule has 54 heavy (non-hydrogen) atoms. The summed E-state index contributed by atoms with van der Waals surface area (Å²) in [6.07, 6.45) is 0. The van der Waals surface area contributed by atoms with Crippen molar-refractivity contribution in [1.29, 1.82) is 0 Å². The van der Waals surface area contributed by atoms with Gasteiger partial charge in [0.25, 0.3) is 0 Å². The summed E-state index contributed by atoms with van der Waals surface area (Å²) in [5.74, 6) is 0.634. The van der Waals surface area contributed by atoms with Gasteiger partial charge in [-0.25, -0.2) is 4.98 Å². The summed E-state index contributed by atoms with van der Waals surface area (Å²) in [5.41, 5.74) is 13.6. The topological polar surface area (TPSA) is 29.3 Å². The van der Waals surface area contributed by atoms with Crippen molar-refractivity contribution >= 4 is 70.4 Å². The third kappa shape index (κ3) is 4.70. The van der Waals surface area contributed by atoms with Gasteiger partial charge >= 0.3 is 0 Å². The molecule has 10 aromatic rings. The van der Waals surface area contributed by atoms with Gasteiger partial charge in [-0.15, -0.1) is 11.3 Å². The highest BCUT2D eigenvalue weighted by atomic mass is 32.1. The van der Waals surface area contributed by atoms with Crippen LogP contribution >= 0.6 is 11.3 Å². The molecule has 1 aliphatic carbocycles. The average Bonchev–Trinajstić information content (AvgIpc) is 3.89. The highest BCUT2D eigenvalue weighted by Crippen LogP contribution is 2.51.